The SMILES string of the molecule is C=C/C=C\c1[nH]c(CC(C)(CC)CCC)nc1C=C. The van der Waals surface area contributed by atoms with Gasteiger partial charge in [0.25, 0.3) is 0 Å². The highest BCUT2D eigenvalue weighted by atomic mass is 14.9. The molecule has 1 unspecified atom stereocenters. The van der Waals surface area contributed by atoms with E-state index >= 15 is 0 Å². The Morgan fingerprint density at radius 3 is 2.58 bits per heavy atom. The third kappa shape index (κ3) is 4.23. The molecule has 0 aliphatic carbocycles. The third-order valence-corrected chi connectivity index (χ3v) is 3.70. The van der Waals surface area contributed by atoms with E-state index in [0.29, 0.717) is 5.41 Å². The summed E-state index contributed by atoms with van der Waals surface area (Å²) in [6.45, 7) is 14.3. The van der Waals surface area contributed by atoms with Crippen molar-refractivity contribution in [1.29, 1.82) is 0 Å². The molecule has 0 bridgehead atoms. The minimum Gasteiger partial charge on any atom is -0.342 e. The van der Waals surface area contributed by atoms with Crippen LogP contribution in [-0.2, 0) is 6.42 Å². The maximum absolute atomic E-state index is 4.64. The minimum absolute atomic E-state index is 0.324. The Morgan fingerprint density at radius 1 is 1.32 bits per heavy atom. The molecule has 1 aromatic heterocycles. The number of nitrogens with zero attached hydrogens (tertiary/aromatic N) is 1. The number of allylic oxidation sites excluding steroid dienone is 2. The van der Waals surface area contributed by atoms with E-state index in [1.807, 2.05) is 12.2 Å². The molecule has 0 aliphatic rings. The zero-order chi connectivity index (χ0) is 14.3. The summed E-state index contributed by atoms with van der Waals surface area (Å²) in [7, 11) is 0. The van der Waals surface area contributed by atoms with Crippen molar-refractivity contribution in [2.75, 3.05) is 0 Å². The number of hydrogen-bond acceptors (Lipinski definition) is 1. The van der Waals surface area contributed by atoms with Crippen LogP contribution in [0.5, 0.6) is 0 Å². The smallest absolute Gasteiger partial charge is 0.107 e. The monoisotopic (exact) mass is 258 g/mol. The van der Waals surface area contributed by atoms with E-state index < -0.39 is 0 Å². The Labute approximate surface area is 117 Å². The fourth-order valence-electron chi connectivity index (χ4n) is 2.38. The van der Waals surface area contributed by atoms with Crippen LogP contribution in [-0.4, -0.2) is 9.97 Å². The van der Waals surface area contributed by atoms with E-state index in [2.05, 4.69) is 43.9 Å². The minimum atomic E-state index is 0.324. The number of aromatic amines is 1. The first-order valence-electron chi connectivity index (χ1n) is 7.09. The number of hydrogen-bond donors (Lipinski definition) is 1. The second kappa shape index (κ2) is 7.13. The Kier molecular flexibility index (Phi) is 5.81. The van der Waals surface area contributed by atoms with Gasteiger partial charge in [-0.3, -0.25) is 0 Å². The summed E-state index contributed by atoms with van der Waals surface area (Å²) < 4.78 is 0. The van der Waals surface area contributed by atoms with Gasteiger partial charge >= 0.3 is 0 Å². The second-order valence-electron chi connectivity index (χ2n) is 5.37. The van der Waals surface area contributed by atoms with E-state index in [4.69, 9.17) is 0 Å². The zero-order valence-electron chi connectivity index (χ0n) is 12.5. The summed E-state index contributed by atoms with van der Waals surface area (Å²) in [6.07, 6.45) is 12.1. The number of imidazole rings is 1. The number of nitrogens with one attached hydrogen (secondary N) is 1. The lowest BCUT2D eigenvalue weighted by molar-refractivity contribution is 0.274. The highest BCUT2D eigenvalue weighted by Crippen LogP contribution is 2.31. The molecule has 1 rings (SSSR count). The van der Waals surface area contributed by atoms with Gasteiger partial charge in [0.05, 0.1) is 11.4 Å². The van der Waals surface area contributed by atoms with Gasteiger partial charge in [-0.2, -0.15) is 0 Å². The maximum atomic E-state index is 4.64. The molecule has 2 heteroatoms. The van der Waals surface area contributed by atoms with Gasteiger partial charge < -0.3 is 4.98 Å². The van der Waals surface area contributed by atoms with Crippen LogP contribution in [0.25, 0.3) is 12.2 Å². The van der Waals surface area contributed by atoms with Crippen LogP contribution in [0.15, 0.2) is 25.3 Å². The lowest BCUT2D eigenvalue weighted by atomic mass is 9.80. The summed E-state index contributed by atoms with van der Waals surface area (Å²) in [4.78, 5) is 8.04. The van der Waals surface area contributed by atoms with Gasteiger partial charge in [-0.1, -0.05) is 58.9 Å². The Bertz CT molecular complexity index is 454. The van der Waals surface area contributed by atoms with Crippen molar-refractivity contribution in [3.8, 4) is 0 Å². The molecule has 1 N–H and O–H groups in total. The van der Waals surface area contributed by atoms with Crippen LogP contribution < -0.4 is 0 Å². The van der Waals surface area contributed by atoms with Crippen molar-refractivity contribution in [1.82, 2.24) is 9.97 Å². The van der Waals surface area contributed by atoms with Gasteiger partial charge in [-0.05, 0) is 24.0 Å². The Balaban J connectivity index is 2.95. The number of H-pyrrole nitrogens is 1. The fraction of sp³-hybridized carbons (Fsp3) is 0.471. The lowest BCUT2D eigenvalue weighted by Gasteiger charge is -2.26. The van der Waals surface area contributed by atoms with Crippen LogP contribution in [0.2, 0.25) is 0 Å². The van der Waals surface area contributed by atoms with Gasteiger partial charge in [0, 0.05) is 6.42 Å². The van der Waals surface area contributed by atoms with E-state index in [1.54, 1.807) is 12.2 Å². The first-order chi connectivity index (χ1) is 9.08. The molecule has 0 saturated carbocycles. The quantitative estimate of drug-likeness (QED) is 0.652. The van der Waals surface area contributed by atoms with Crippen LogP contribution in [0, 0.1) is 5.41 Å². The summed E-state index contributed by atoms with van der Waals surface area (Å²) in [5.41, 5.74) is 2.26. The molecule has 104 valence electrons. The van der Waals surface area contributed by atoms with E-state index in [-0.39, 0.29) is 0 Å². The molecule has 0 amide bonds. The molecule has 1 aromatic rings. The van der Waals surface area contributed by atoms with Crippen LogP contribution >= 0.6 is 0 Å². The van der Waals surface area contributed by atoms with Crippen molar-refractivity contribution >= 4 is 12.2 Å². The Morgan fingerprint density at radius 2 is 2.05 bits per heavy atom. The molecule has 0 radical (unpaired) electrons. The van der Waals surface area contributed by atoms with E-state index in [9.17, 15) is 0 Å². The predicted octanol–water partition coefficient (Wildman–Crippen LogP) is 5.01. The standard InChI is InChI=1S/C17H26N2/c1-6-10-11-15-14(8-3)18-16(19-15)13-17(5,9-4)12-7-2/h6,8,10-11H,1,3,7,9,12-13H2,2,4-5H3,(H,18,19)/b11-10-. The first kappa shape index (κ1) is 15.5. The zero-order valence-corrected chi connectivity index (χ0v) is 12.5. The van der Waals surface area contributed by atoms with Crippen LogP contribution in [0.3, 0.4) is 0 Å². The van der Waals surface area contributed by atoms with Crippen molar-refractivity contribution in [3.05, 3.63) is 42.5 Å². The fourth-order valence-corrected chi connectivity index (χ4v) is 2.38. The first-order valence-corrected chi connectivity index (χ1v) is 7.09. The van der Waals surface area contributed by atoms with Crippen LogP contribution in [0.1, 0.15) is 57.2 Å². The average molecular weight is 258 g/mol. The van der Waals surface area contributed by atoms with E-state index in [0.717, 1.165) is 23.6 Å². The van der Waals surface area contributed by atoms with Crippen molar-refractivity contribution in [3.63, 3.8) is 0 Å². The van der Waals surface area contributed by atoms with Gasteiger partial charge in [0.1, 0.15) is 5.82 Å². The predicted molar refractivity (Wildman–Crippen MR) is 84.9 cm³/mol. The summed E-state index contributed by atoms with van der Waals surface area (Å²) >= 11 is 0. The summed E-state index contributed by atoms with van der Waals surface area (Å²) in [6, 6.07) is 0. The average Bonchev–Trinajstić information content (AvgIpc) is 2.78. The highest BCUT2D eigenvalue weighted by molar-refractivity contribution is 5.59. The van der Waals surface area contributed by atoms with Crippen molar-refractivity contribution in [2.24, 2.45) is 5.41 Å². The lowest BCUT2D eigenvalue weighted by Crippen LogP contribution is -2.19. The largest absolute Gasteiger partial charge is 0.342 e. The van der Waals surface area contributed by atoms with Gasteiger partial charge in [0.2, 0.25) is 0 Å². The molecule has 19 heavy (non-hydrogen) atoms. The van der Waals surface area contributed by atoms with Crippen LogP contribution in [0.4, 0.5) is 0 Å². The van der Waals surface area contributed by atoms with E-state index in [1.165, 1.54) is 19.3 Å². The molecule has 1 heterocycles. The van der Waals surface area contributed by atoms with Crippen molar-refractivity contribution in [2.45, 2.75) is 46.5 Å². The Hall–Kier alpha value is -1.57. The summed E-state index contributed by atoms with van der Waals surface area (Å²) in [5.74, 6) is 1.05. The van der Waals surface area contributed by atoms with Gasteiger partial charge in [-0.25, -0.2) is 4.98 Å². The molecule has 0 aromatic carbocycles. The number of aromatic nitrogens is 2. The summed E-state index contributed by atoms with van der Waals surface area (Å²) in [5, 5.41) is 0. The topological polar surface area (TPSA) is 28.7 Å². The maximum Gasteiger partial charge on any atom is 0.107 e. The molecular weight excluding hydrogens is 232 g/mol. The number of rotatable bonds is 8. The third-order valence-electron chi connectivity index (χ3n) is 3.70. The van der Waals surface area contributed by atoms with Crippen molar-refractivity contribution < 1.29 is 0 Å². The molecule has 0 spiro atoms. The molecule has 1 atom stereocenters. The molecule has 0 saturated heterocycles. The second-order valence-corrected chi connectivity index (χ2v) is 5.37. The molecular formula is C17H26N2. The normalized spacial score (nSPS) is 14.5. The molecule has 0 fully saturated rings. The molecule has 0 aliphatic heterocycles. The highest BCUT2D eigenvalue weighted by Gasteiger charge is 2.23. The van der Waals surface area contributed by atoms with Gasteiger partial charge in [-0.15, -0.1) is 0 Å². The van der Waals surface area contributed by atoms with Gasteiger partial charge in [0.15, 0.2) is 0 Å². The molecule has 2 nitrogen and oxygen atoms in total.